The number of nitrogen functional groups attached to an aromatic ring is 1. The molecule has 1 atom stereocenters. The number of hydrogen-bond acceptors (Lipinski definition) is 3. The minimum absolute atomic E-state index is 0.0353. The van der Waals surface area contributed by atoms with E-state index >= 15 is 0 Å². The van der Waals surface area contributed by atoms with Gasteiger partial charge in [0.25, 0.3) is 0 Å². The van der Waals surface area contributed by atoms with E-state index in [2.05, 4.69) is 0 Å². The third-order valence-corrected chi connectivity index (χ3v) is 2.66. The van der Waals surface area contributed by atoms with Crippen LogP contribution in [0.5, 0.6) is 0 Å². The van der Waals surface area contributed by atoms with E-state index in [-0.39, 0.29) is 11.9 Å². The Balaban J connectivity index is 2.90. The highest BCUT2D eigenvalue weighted by molar-refractivity contribution is 7.14. The molecule has 0 saturated carbocycles. The van der Waals surface area contributed by atoms with Crippen molar-refractivity contribution in [1.29, 1.82) is 5.41 Å². The van der Waals surface area contributed by atoms with Crippen molar-refractivity contribution in [3.63, 3.8) is 0 Å². The fourth-order valence-corrected chi connectivity index (χ4v) is 1.56. The molecule has 1 rings (SSSR count). The van der Waals surface area contributed by atoms with Crippen LogP contribution in [0, 0.1) is 5.41 Å². The van der Waals surface area contributed by atoms with E-state index in [1.54, 1.807) is 0 Å². The van der Waals surface area contributed by atoms with Gasteiger partial charge >= 0.3 is 0 Å². The van der Waals surface area contributed by atoms with Crippen LogP contribution in [0.3, 0.4) is 0 Å². The van der Waals surface area contributed by atoms with Gasteiger partial charge in [-0.05, 0) is 19.1 Å². The zero-order valence-corrected chi connectivity index (χ0v) is 7.11. The van der Waals surface area contributed by atoms with Gasteiger partial charge in [-0.25, -0.2) is 0 Å². The molecule has 0 saturated heterocycles. The molecule has 0 radical (unpaired) electrons. The predicted octanol–water partition coefficient (Wildman–Crippen LogP) is 1.05. The topological polar surface area (TPSA) is 75.9 Å². The van der Waals surface area contributed by atoms with E-state index in [1.807, 2.05) is 19.1 Å². The molecule has 11 heavy (non-hydrogen) atoms. The summed E-state index contributed by atoms with van der Waals surface area (Å²) in [5, 5.41) is 7.14. The van der Waals surface area contributed by atoms with Crippen LogP contribution in [0.4, 0.5) is 0 Å². The van der Waals surface area contributed by atoms with Crippen LogP contribution >= 0.6 is 11.3 Å². The first kappa shape index (κ1) is 8.23. The Bertz CT molecular complexity index is 264. The van der Waals surface area contributed by atoms with Crippen molar-refractivity contribution in [1.82, 2.24) is 0 Å². The Kier molecular flexibility index (Phi) is 2.26. The summed E-state index contributed by atoms with van der Waals surface area (Å²) in [4.78, 5) is 1.85. The van der Waals surface area contributed by atoms with Gasteiger partial charge < -0.3 is 11.5 Å². The van der Waals surface area contributed by atoms with Crippen molar-refractivity contribution in [3.05, 3.63) is 21.9 Å². The normalized spacial score (nSPS) is 12.9. The number of amidine groups is 1. The van der Waals surface area contributed by atoms with Crippen molar-refractivity contribution in [2.75, 3.05) is 0 Å². The van der Waals surface area contributed by atoms with Crippen LogP contribution in [0.25, 0.3) is 0 Å². The molecule has 3 nitrogen and oxygen atoms in total. The van der Waals surface area contributed by atoms with Crippen LogP contribution in [0.1, 0.15) is 22.7 Å². The fourth-order valence-electron chi connectivity index (χ4n) is 0.742. The second-order valence-corrected chi connectivity index (χ2v) is 3.52. The summed E-state index contributed by atoms with van der Waals surface area (Å²) in [6.07, 6.45) is 0. The molecule has 0 bridgehead atoms. The van der Waals surface area contributed by atoms with Crippen LogP contribution in [0.15, 0.2) is 12.1 Å². The minimum Gasteiger partial charge on any atom is -0.383 e. The highest BCUT2D eigenvalue weighted by Gasteiger charge is 2.04. The van der Waals surface area contributed by atoms with Gasteiger partial charge in [-0.15, -0.1) is 11.3 Å². The molecule has 0 aliphatic carbocycles. The molecule has 1 heterocycles. The van der Waals surface area contributed by atoms with Gasteiger partial charge in [-0.1, -0.05) is 0 Å². The molecule has 5 N–H and O–H groups in total. The second kappa shape index (κ2) is 3.02. The smallest absolute Gasteiger partial charge is 0.133 e. The summed E-state index contributed by atoms with van der Waals surface area (Å²) in [5.41, 5.74) is 10.9. The molecule has 4 heteroatoms. The SMILES string of the molecule is CC(N)c1ccc(C(=N)N)s1. The van der Waals surface area contributed by atoms with E-state index in [9.17, 15) is 0 Å². The third kappa shape index (κ3) is 1.78. The molecule has 0 aliphatic heterocycles. The van der Waals surface area contributed by atoms with E-state index in [1.165, 1.54) is 11.3 Å². The zero-order chi connectivity index (χ0) is 8.43. The van der Waals surface area contributed by atoms with Crippen molar-refractivity contribution in [2.24, 2.45) is 11.5 Å². The van der Waals surface area contributed by atoms with Gasteiger partial charge in [0.05, 0.1) is 4.88 Å². The Hall–Kier alpha value is -0.870. The molecular formula is C7H11N3S. The molecule has 60 valence electrons. The monoisotopic (exact) mass is 169 g/mol. The van der Waals surface area contributed by atoms with Gasteiger partial charge in [-0.3, -0.25) is 5.41 Å². The fraction of sp³-hybridized carbons (Fsp3) is 0.286. The largest absolute Gasteiger partial charge is 0.383 e. The molecule has 1 aromatic heterocycles. The Morgan fingerprint density at radius 3 is 2.55 bits per heavy atom. The summed E-state index contributed by atoms with van der Waals surface area (Å²) in [6.45, 7) is 1.91. The molecule has 0 spiro atoms. The maximum atomic E-state index is 7.14. The van der Waals surface area contributed by atoms with E-state index < -0.39 is 0 Å². The quantitative estimate of drug-likeness (QED) is 0.457. The average molecular weight is 169 g/mol. The minimum atomic E-state index is 0.0353. The van der Waals surface area contributed by atoms with Crippen molar-refractivity contribution in [3.8, 4) is 0 Å². The Labute approximate surface area is 69.5 Å². The maximum absolute atomic E-state index is 7.14. The highest BCUT2D eigenvalue weighted by atomic mass is 32.1. The molecule has 0 fully saturated rings. The third-order valence-electron chi connectivity index (χ3n) is 1.34. The zero-order valence-electron chi connectivity index (χ0n) is 6.29. The maximum Gasteiger partial charge on any atom is 0.133 e. The lowest BCUT2D eigenvalue weighted by Gasteiger charge is -1.97. The van der Waals surface area contributed by atoms with E-state index in [0.29, 0.717) is 0 Å². The van der Waals surface area contributed by atoms with Crippen LogP contribution < -0.4 is 11.5 Å². The van der Waals surface area contributed by atoms with Gasteiger partial charge in [0.1, 0.15) is 5.84 Å². The van der Waals surface area contributed by atoms with Gasteiger partial charge in [-0.2, -0.15) is 0 Å². The summed E-state index contributed by atoms with van der Waals surface area (Å²) >= 11 is 1.47. The lowest BCUT2D eigenvalue weighted by Crippen LogP contribution is -2.08. The Morgan fingerprint density at radius 1 is 1.64 bits per heavy atom. The van der Waals surface area contributed by atoms with Crippen molar-refractivity contribution in [2.45, 2.75) is 13.0 Å². The summed E-state index contributed by atoms with van der Waals surface area (Å²) in [6, 6.07) is 3.77. The molecule has 0 aliphatic rings. The number of nitrogens with one attached hydrogen (secondary N) is 1. The Morgan fingerprint density at radius 2 is 2.27 bits per heavy atom. The van der Waals surface area contributed by atoms with E-state index in [0.717, 1.165) is 9.75 Å². The van der Waals surface area contributed by atoms with Gasteiger partial charge in [0.15, 0.2) is 0 Å². The summed E-state index contributed by atoms with van der Waals surface area (Å²) in [5.74, 6) is 0.113. The molecule has 0 aromatic carbocycles. The van der Waals surface area contributed by atoms with Crippen LogP contribution in [-0.2, 0) is 0 Å². The lowest BCUT2D eigenvalue weighted by molar-refractivity contribution is 0.838. The molecular weight excluding hydrogens is 158 g/mol. The number of hydrogen-bond donors (Lipinski definition) is 3. The van der Waals surface area contributed by atoms with Crippen LogP contribution in [-0.4, -0.2) is 5.84 Å². The first-order chi connectivity index (χ1) is 5.11. The molecule has 1 aromatic rings. The predicted molar refractivity (Wildman–Crippen MR) is 47.9 cm³/mol. The number of nitrogens with two attached hydrogens (primary N) is 2. The molecule has 1 unspecified atom stereocenters. The average Bonchev–Trinajstić information content (AvgIpc) is 2.33. The second-order valence-electron chi connectivity index (χ2n) is 2.40. The van der Waals surface area contributed by atoms with E-state index in [4.69, 9.17) is 16.9 Å². The van der Waals surface area contributed by atoms with Crippen LogP contribution in [0.2, 0.25) is 0 Å². The van der Waals surface area contributed by atoms with Gasteiger partial charge in [0.2, 0.25) is 0 Å². The van der Waals surface area contributed by atoms with Crippen molar-refractivity contribution < 1.29 is 0 Å². The lowest BCUT2D eigenvalue weighted by atomic mass is 10.3. The number of thiophene rings is 1. The first-order valence-electron chi connectivity index (χ1n) is 3.31. The summed E-state index contributed by atoms with van der Waals surface area (Å²) < 4.78 is 0. The summed E-state index contributed by atoms with van der Waals surface area (Å²) in [7, 11) is 0. The van der Waals surface area contributed by atoms with Gasteiger partial charge in [0, 0.05) is 10.9 Å². The number of rotatable bonds is 2. The highest BCUT2D eigenvalue weighted by Crippen LogP contribution is 2.20. The standard InChI is InChI=1S/C7H11N3S/c1-4(8)5-2-3-6(11-5)7(9)10/h2-4H,8H2,1H3,(H3,9,10). The van der Waals surface area contributed by atoms with Crippen molar-refractivity contribution >= 4 is 17.2 Å². The molecule has 0 amide bonds. The first-order valence-corrected chi connectivity index (χ1v) is 4.12.